The molecule has 0 aliphatic carbocycles. The van der Waals surface area contributed by atoms with Crippen molar-refractivity contribution < 1.29 is 19.0 Å². The first kappa shape index (κ1) is 30.0. The molecule has 0 bridgehead atoms. The minimum atomic E-state index is -0.811. The van der Waals surface area contributed by atoms with Gasteiger partial charge in [-0.15, -0.1) is 0 Å². The number of esters is 1. The Kier molecular flexibility index (Phi) is 8.05. The highest BCUT2D eigenvalue weighted by Gasteiger charge is 2.35. The van der Waals surface area contributed by atoms with E-state index in [-0.39, 0.29) is 17.7 Å². The van der Waals surface area contributed by atoms with E-state index in [1.807, 2.05) is 109 Å². The standard InChI is InChI=1S/C38H31N3O5S/c1-4-46-37(43)32-34(24-14-9-6-10-15-24)40-38-41(35(32)25-16-11-17-26(20-25)44-2)36(42)31(47-38)22-29-28-21-27(45-3)18-19-30(28)39-33(29)23-12-7-5-8-13-23/h5-22,35,39H,4H2,1-3H3/b31-22-/t35-/m0/s1. The quantitative estimate of drug-likeness (QED) is 0.203. The van der Waals surface area contributed by atoms with Crippen LogP contribution in [-0.4, -0.2) is 36.3 Å². The molecule has 9 heteroatoms. The molecule has 47 heavy (non-hydrogen) atoms. The monoisotopic (exact) mass is 641 g/mol. The van der Waals surface area contributed by atoms with Crippen molar-refractivity contribution in [2.24, 2.45) is 4.99 Å². The van der Waals surface area contributed by atoms with E-state index in [1.165, 1.54) is 11.3 Å². The van der Waals surface area contributed by atoms with E-state index in [0.717, 1.165) is 33.3 Å². The average molecular weight is 642 g/mol. The maximum atomic E-state index is 14.6. The lowest BCUT2D eigenvalue weighted by atomic mass is 9.93. The summed E-state index contributed by atoms with van der Waals surface area (Å²) in [4.78, 5) is 37.4. The second-order valence-corrected chi connectivity index (χ2v) is 11.9. The molecular weight excluding hydrogens is 611 g/mol. The van der Waals surface area contributed by atoms with E-state index >= 15 is 0 Å². The number of carbonyl (C=O) groups excluding carboxylic acids is 1. The second-order valence-electron chi connectivity index (χ2n) is 10.9. The first-order chi connectivity index (χ1) is 23.0. The summed E-state index contributed by atoms with van der Waals surface area (Å²) in [7, 11) is 3.22. The van der Waals surface area contributed by atoms with Gasteiger partial charge in [-0.25, -0.2) is 9.79 Å². The van der Waals surface area contributed by atoms with Crippen molar-refractivity contribution in [3.05, 3.63) is 145 Å². The van der Waals surface area contributed by atoms with Crippen molar-refractivity contribution in [2.75, 3.05) is 20.8 Å². The normalized spacial score (nSPS) is 14.5. The molecule has 0 saturated heterocycles. The Bertz CT molecular complexity index is 2340. The summed E-state index contributed by atoms with van der Waals surface area (Å²) in [6.07, 6.45) is 1.91. The Morgan fingerprint density at radius 3 is 2.30 bits per heavy atom. The molecule has 2 aromatic heterocycles. The Labute approximate surface area is 274 Å². The predicted molar refractivity (Wildman–Crippen MR) is 184 cm³/mol. The minimum absolute atomic E-state index is 0.173. The summed E-state index contributed by atoms with van der Waals surface area (Å²) in [5.74, 6) is 0.774. The fourth-order valence-electron chi connectivity index (χ4n) is 6.00. The number of fused-ring (bicyclic) bond motifs is 2. The number of hydrogen-bond donors (Lipinski definition) is 1. The molecule has 1 aliphatic rings. The van der Waals surface area contributed by atoms with Gasteiger partial charge in [0.1, 0.15) is 11.5 Å². The zero-order valence-electron chi connectivity index (χ0n) is 26.0. The number of nitrogens with one attached hydrogen (secondary N) is 1. The third-order valence-corrected chi connectivity index (χ3v) is 9.15. The van der Waals surface area contributed by atoms with Gasteiger partial charge in [0.05, 0.1) is 48.4 Å². The highest BCUT2D eigenvalue weighted by atomic mass is 32.1. The van der Waals surface area contributed by atoms with Gasteiger partial charge >= 0.3 is 5.97 Å². The summed E-state index contributed by atoms with van der Waals surface area (Å²) in [6.45, 7) is 1.93. The highest BCUT2D eigenvalue weighted by molar-refractivity contribution is 7.07. The van der Waals surface area contributed by atoms with Gasteiger partial charge in [0.2, 0.25) is 0 Å². The lowest BCUT2D eigenvalue weighted by Crippen LogP contribution is -2.40. The fraction of sp³-hybridized carbons (Fsp3) is 0.132. The third kappa shape index (κ3) is 5.44. The molecule has 0 fully saturated rings. The summed E-state index contributed by atoms with van der Waals surface area (Å²) in [6, 6.07) is 31.9. The van der Waals surface area contributed by atoms with Crippen LogP contribution in [-0.2, 0) is 9.53 Å². The number of aromatic nitrogens is 2. The number of aromatic amines is 1. The SMILES string of the molecule is CCOC(=O)C1=C(c2ccccc2)N=c2s/c(=C\c3c(-c4ccccc4)[nH]c4ccc(OC)cc34)c(=O)n2[C@H]1c1cccc(OC)c1. The molecule has 0 spiro atoms. The summed E-state index contributed by atoms with van der Waals surface area (Å²) >= 11 is 1.28. The van der Waals surface area contributed by atoms with E-state index in [0.29, 0.717) is 32.1 Å². The van der Waals surface area contributed by atoms with Gasteiger partial charge in [0.25, 0.3) is 5.56 Å². The molecule has 234 valence electrons. The number of nitrogens with zero attached hydrogens (tertiary/aromatic N) is 2. The zero-order valence-corrected chi connectivity index (χ0v) is 26.8. The number of benzene rings is 4. The molecule has 0 unspecified atom stereocenters. The van der Waals surface area contributed by atoms with Gasteiger partial charge in [0, 0.05) is 22.0 Å². The topological polar surface area (TPSA) is 94.9 Å². The van der Waals surface area contributed by atoms with Crippen LogP contribution < -0.4 is 24.4 Å². The lowest BCUT2D eigenvalue weighted by molar-refractivity contribution is -0.138. The van der Waals surface area contributed by atoms with E-state index in [9.17, 15) is 9.59 Å². The molecule has 0 radical (unpaired) electrons. The van der Waals surface area contributed by atoms with Crippen LogP contribution in [0.15, 0.2) is 118 Å². The Morgan fingerprint density at radius 2 is 1.60 bits per heavy atom. The van der Waals surface area contributed by atoms with Crippen LogP contribution in [0.4, 0.5) is 0 Å². The molecule has 1 aliphatic heterocycles. The van der Waals surface area contributed by atoms with Gasteiger partial charge < -0.3 is 19.2 Å². The van der Waals surface area contributed by atoms with Gasteiger partial charge in [-0.3, -0.25) is 9.36 Å². The molecule has 0 saturated carbocycles. The van der Waals surface area contributed by atoms with Crippen LogP contribution in [0.2, 0.25) is 0 Å². The van der Waals surface area contributed by atoms with Crippen LogP contribution >= 0.6 is 11.3 Å². The first-order valence-electron chi connectivity index (χ1n) is 15.2. The molecule has 4 aromatic carbocycles. The number of thiazole rings is 1. The third-order valence-electron chi connectivity index (χ3n) is 8.17. The molecule has 6 aromatic rings. The Balaban J connectivity index is 1.54. The molecule has 8 nitrogen and oxygen atoms in total. The Hall–Kier alpha value is -5.67. The van der Waals surface area contributed by atoms with Crippen LogP contribution in [0, 0.1) is 0 Å². The number of carbonyl (C=O) groups is 1. The van der Waals surface area contributed by atoms with Crippen molar-refractivity contribution in [1.29, 1.82) is 0 Å². The van der Waals surface area contributed by atoms with Gasteiger partial charge in [-0.2, -0.15) is 0 Å². The molecule has 3 heterocycles. The van der Waals surface area contributed by atoms with Crippen LogP contribution in [0.3, 0.4) is 0 Å². The molecular formula is C38H31N3O5S. The molecule has 1 atom stereocenters. The van der Waals surface area contributed by atoms with E-state index in [2.05, 4.69) is 4.98 Å². The van der Waals surface area contributed by atoms with Gasteiger partial charge in [0.15, 0.2) is 4.80 Å². The van der Waals surface area contributed by atoms with E-state index in [4.69, 9.17) is 19.2 Å². The number of methoxy groups -OCH3 is 2. The number of rotatable bonds is 8. The largest absolute Gasteiger partial charge is 0.497 e. The molecule has 7 rings (SSSR count). The van der Waals surface area contributed by atoms with E-state index in [1.54, 1.807) is 25.7 Å². The molecule has 0 amide bonds. The van der Waals surface area contributed by atoms with Crippen molar-refractivity contribution in [2.45, 2.75) is 13.0 Å². The Morgan fingerprint density at radius 1 is 0.894 bits per heavy atom. The number of H-pyrrole nitrogens is 1. The summed E-state index contributed by atoms with van der Waals surface area (Å²) in [5.41, 5.74) is 5.54. The second kappa shape index (κ2) is 12.6. The number of hydrogen-bond acceptors (Lipinski definition) is 7. The van der Waals surface area contributed by atoms with Crippen molar-refractivity contribution in [3.8, 4) is 22.8 Å². The minimum Gasteiger partial charge on any atom is -0.497 e. The van der Waals surface area contributed by atoms with Crippen molar-refractivity contribution in [3.63, 3.8) is 0 Å². The number of ether oxygens (including phenoxy) is 3. The summed E-state index contributed by atoms with van der Waals surface area (Å²) in [5, 5.41) is 0.913. The van der Waals surface area contributed by atoms with Gasteiger partial charge in [-0.1, -0.05) is 84.1 Å². The smallest absolute Gasteiger partial charge is 0.338 e. The molecule has 1 N–H and O–H groups in total. The van der Waals surface area contributed by atoms with Crippen LogP contribution in [0.25, 0.3) is 33.9 Å². The average Bonchev–Trinajstić information content (AvgIpc) is 3.64. The zero-order chi connectivity index (χ0) is 32.5. The van der Waals surface area contributed by atoms with Crippen LogP contribution in [0.5, 0.6) is 11.5 Å². The first-order valence-corrected chi connectivity index (χ1v) is 16.0. The predicted octanol–water partition coefficient (Wildman–Crippen LogP) is 6.10. The van der Waals surface area contributed by atoms with Crippen LogP contribution in [0.1, 0.15) is 29.7 Å². The lowest BCUT2D eigenvalue weighted by Gasteiger charge is -2.26. The van der Waals surface area contributed by atoms with Crippen molar-refractivity contribution in [1.82, 2.24) is 9.55 Å². The maximum absolute atomic E-state index is 14.6. The highest BCUT2D eigenvalue weighted by Crippen LogP contribution is 2.37. The fourth-order valence-corrected chi connectivity index (χ4v) is 6.98. The maximum Gasteiger partial charge on any atom is 0.338 e. The summed E-state index contributed by atoms with van der Waals surface area (Å²) < 4.78 is 18.8. The van der Waals surface area contributed by atoms with E-state index < -0.39 is 12.0 Å². The van der Waals surface area contributed by atoms with Gasteiger partial charge in [-0.05, 0) is 54.5 Å². The van der Waals surface area contributed by atoms with Crippen molar-refractivity contribution >= 4 is 40.0 Å².